The SMILES string of the molecule is CN1C(=O)[C@H]2C(Cl)=C3C[C@@H]4C(=O)N(C)C(=O)[C@@H]4C[C@H]3C[C@H]2C1=O. The van der Waals surface area contributed by atoms with Crippen LogP contribution in [0.5, 0.6) is 0 Å². The Hall–Kier alpha value is -1.69. The summed E-state index contributed by atoms with van der Waals surface area (Å²) < 4.78 is 0. The van der Waals surface area contributed by atoms with Crippen molar-refractivity contribution in [3.05, 3.63) is 10.6 Å². The summed E-state index contributed by atoms with van der Waals surface area (Å²) >= 11 is 6.50. The standard InChI is InChI=1S/C16H17ClN2O4/c1-18-13(20)8-3-6-4-10-11(16(23)19(2)15(10)22)12(17)7(6)5-9(8)14(18)21/h6,8-11H,3-5H2,1-2H3/t6-,8+,9-,10+,11+/m0/s1. The number of hydrogen-bond acceptors (Lipinski definition) is 4. The highest BCUT2D eigenvalue weighted by Gasteiger charge is 2.56. The van der Waals surface area contributed by atoms with Crippen molar-refractivity contribution in [2.75, 3.05) is 14.1 Å². The van der Waals surface area contributed by atoms with E-state index in [-0.39, 0.29) is 41.4 Å². The summed E-state index contributed by atoms with van der Waals surface area (Å²) in [4.78, 5) is 51.4. The van der Waals surface area contributed by atoms with Gasteiger partial charge in [0.15, 0.2) is 0 Å². The zero-order valence-electron chi connectivity index (χ0n) is 12.9. The van der Waals surface area contributed by atoms with Crippen LogP contribution in [0.2, 0.25) is 0 Å². The third-order valence-electron chi connectivity index (χ3n) is 6.02. The molecule has 23 heavy (non-hydrogen) atoms. The Morgan fingerprint density at radius 1 is 0.826 bits per heavy atom. The molecule has 7 heteroatoms. The van der Waals surface area contributed by atoms with Gasteiger partial charge in [-0.3, -0.25) is 29.0 Å². The molecule has 2 aliphatic heterocycles. The number of carbonyl (C=O) groups is 4. The number of hydrogen-bond donors (Lipinski definition) is 0. The van der Waals surface area contributed by atoms with Crippen molar-refractivity contribution in [3.8, 4) is 0 Å². The Balaban J connectivity index is 1.74. The quantitative estimate of drug-likeness (QED) is 0.612. The summed E-state index contributed by atoms with van der Waals surface area (Å²) in [5.74, 6) is -2.43. The third kappa shape index (κ3) is 1.75. The number of carbonyl (C=O) groups excluding carboxylic acids is 4. The Kier molecular flexibility index (Phi) is 3.01. The number of fused-ring (bicyclic) bond motifs is 3. The van der Waals surface area contributed by atoms with Crippen LogP contribution in [0.15, 0.2) is 10.6 Å². The Bertz CT molecular complexity index is 700. The van der Waals surface area contributed by atoms with E-state index in [0.29, 0.717) is 24.3 Å². The molecule has 6 nitrogen and oxygen atoms in total. The molecule has 0 aromatic rings. The monoisotopic (exact) mass is 336 g/mol. The number of allylic oxidation sites excluding steroid dienone is 1. The first-order valence-corrected chi connectivity index (χ1v) is 8.22. The second-order valence-electron chi connectivity index (χ2n) is 7.01. The highest BCUT2D eigenvalue weighted by molar-refractivity contribution is 6.33. The van der Waals surface area contributed by atoms with Crippen LogP contribution in [0.25, 0.3) is 0 Å². The average Bonchev–Trinajstić information content (AvgIpc) is 2.88. The lowest BCUT2D eigenvalue weighted by molar-refractivity contribution is -0.139. The topological polar surface area (TPSA) is 74.8 Å². The van der Waals surface area contributed by atoms with Crippen LogP contribution >= 0.6 is 11.6 Å². The summed E-state index contributed by atoms with van der Waals surface area (Å²) in [6.45, 7) is 0. The fraction of sp³-hybridized carbons (Fsp3) is 0.625. The molecule has 0 aromatic heterocycles. The van der Waals surface area contributed by atoms with Crippen LogP contribution < -0.4 is 0 Å². The van der Waals surface area contributed by atoms with E-state index in [9.17, 15) is 19.2 Å². The molecule has 0 bridgehead atoms. The van der Waals surface area contributed by atoms with E-state index in [0.717, 1.165) is 10.5 Å². The van der Waals surface area contributed by atoms with Gasteiger partial charge in [-0.1, -0.05) is 17.2 Å². The highest BCUT2D eigenvalue weighted by atomic mass is 35.5. The largest absolute Gasteiger partial charge is 0.285 e. The predicted molar refractivity (Wildman–Crippen MR) is 79.7 cm³/mol. The van der Waals surface area contributed by atoms with Gasteiger partial charge in [0.05, 0.1) is 23.7 Å². The number of amides is 4. The summed E-state index contributed by atoms with van der Waals surface area (Å²) in [7, 11) is 3.00. The number of halogens is 1. The minimum Gasteiger partial charge on any atom is -0.285 e. The highest BCUT2D eigenvalue weighted by Crippen LogP contribution is 2.53. The van der Waals surface area contributed by atoms with Crippen LogP contribution in [0.1, 0.15) is 19.3 Å². The third-order valence-corrected chi connectivity index (χ3v) is 6.50. The first-order chi connectivity index (χ1) is 10.8. The lowest BCUT2D eigenvalue weighted by Gasteiger charge is -2.38. The second kappa shape index (κ2) is 4.66. The van der Waals surface area contributed by atoms with Gasteiger partial charge in [-0.15, -0.1) is 0 Å². The summed E-state index contributed by atoms with van der Waals surface area (Å²) in [6.07, 6.45) is 1.51. The van der Waals surface area contributed by atoms with Crippen molar-refractivity contribution in [3.63, 3.8) is 0 Å². The van der Waals surface area contributed by atoms with Gasteiger partial charge in [-0.2, -0.15) is 0 Å². The van der Waals surface area contributed by atoms with E-state index >= 15 is 0 Å². The lowest BCUT2D eigenvalue weighted by Crippen LogP contribution is -2.36. The summed E-state index contributed by atoms with van der Waals surface area (Å²) in [5.41, 5.74) is 0.905. The Morgan fingerprint density at radius 2 is 1.35 bits per heavy atom. The number of imide groups is 2. The van der Waals surface area contributed by atoms with Crippen molar-refractivity contribution < 1.29 is 19.2 Å². The molecule has 1 saturated carbocycles. The molecule has 2 aliphatic carbocycles. The second-order valence-corrected chi connectivity index (χ2v) is 7.42. The maximum absolute atomic E-state index is 12.3. The molecule has 0 spiro atoms. The summed E-state index contributed by atoms with van der Waals surface area (Å²) in [6, 6.07) is 0. The zero-order valence-corrected chi connectivity index (χ0v) is 13.7. The molecule has 4 rings (SSSR count). The van der Waals surface area contributed by atoms with Crippen LogP contribution in [-0.4, -0.2) is 47.5 Å². The molecule has 3 fully saturated rings. The Morgan fingerprint density at radius 3 is 2.04 bits per heavy atom. The maximum atomic E-state index is 12.3. The van der Waals surface area contributed by atoms with Gasteiger partial charge in [0.25, 0.3) is 0 Å². The molecule has 2 saturated heterocycles. The normalized spacial score (nSPS) is 39.9. The van der Waals surface area contributed by atoms with E-state index in [1.807, 2.05) is 0 Å². The van der Waals surface area contributed by atoms with Crippen molar-refractivity contribution in [1.82, 2.24) is 9.80 Å². The average molecular weight is 337 g/mol. The minimum atomic E-state index is -0.595. The molecular formula is C16H17ClN2O4. The van der Waals surface area contributed by atoms with Gasteiger partial charge in [-0.05, 0) is 25.2 Å². The number of nitrogens with zero attached hydrogens (tertiary/aromatic N) is 2. The Labute approximate surface area is 138 Å². The first-order valence-electron chi connectivity index (χ1n) is 7.84. The fourth-order valence-corrected chi connectivity index (χ4v) is 5.21. The van der Waals surface area contributed by atoms with E-state index in [2.05, 4.69) is 0 Å². The van der Waals surface area contributed by atoms with Crippen LogP contribution in [0.4, 0.5) is 0 Å². The van der Waals surface area contributed by atoms with Gasteiger partial charge < -0.3 is 0 Å². The van der Waals surface area contributed by atoms with Crippen molar-refractivity contribution in [2.45, 2.75) is 19.3 Å². The molecule has 4 amide bonds. The van der Waals surface area contributed by atoms with Crippen molar-refractivity contribution in [1.29, 1.82) is 0 Å². The smallest absolute Gasteiger partial charge is 0.238 e. The lowest BCUT2D eigenvalue weighted by atomic mass is 9.65. The van der Waals surface area contributed by atoms with Crippen LogP contribution in [-0.2, 0) is 19.2 Å². The summed E-state index contributed by atoms with van der Waals surface area (Å²) in [5, 5.41) is 0.433. The van der Waals surface area contributed by atoms with Crippen molar-refractivity contribution in [2.24, 2.45) is 29.6 Å². The molecular weight excluding hydrogens is 320 g/mol. The number of likely N-dealkylation sites (tertiary alicyclic amines) is 2. The molecule has 122 valence electrons. The van der Waals surface area contributed by atoms with Crippen molar-refractivity contribution >= 4 is 35.2 Å². The molecule has 0 radical (unpaired) electrons. The molecule has 5 atom stereocenters. The van der Waals surface area contributed by atoms with E-state index in [4.69, 9.17) is 11.6 Å². The van der Waals surface area contributed by atoms with E-state index in [1.54, 1.807) is 0 Å². The molecule has 0 N–H and O–H groups in total. The van der Waals surface area contributed by atoms with Gasteiger partial charge in [0.2, 0.25) is 23.6 Å². The van der Waals surface area contributed by atoms with Gasteiger partial charge in [-0.25, -0.2) is 0 Å². The van der Waals surface area contributed by atoms with Gasteiger partial charge >= 0.3 is 0 Å². The first kappa shape index (κ1) is 14.9. The minimum absolute atomic E-state index is 0.0106. The van der Waals surface area contributed by atoms with Crippen LogP contribution in [0, 0.1) is 29.6 Å². The zero-order chi connectivity index (χ0) is 16.6. The van der Waals surface area contributed by atoms with Crippen LogP contribution in [0.3, 0.4) is 0 Å². The van der Waals surface area contributed by atoms with Gasteiger partial charge in [0, 0.05) is 19.1 Å². The predicted octanol–water partition coefficient (Wildman–Crippen LogP) is 0.755. The van der Waals surface area contributed by atoms with E-state index < -0.39 is 11.8 Å². The molecule has 0 aromatic carbocycles. The van der Waals surface area contributed by atoms with Gasteiger partial charge in [0.1, 0.15) is 0 Å². The maximum Gasteiger partial charge on any atom is 0.238 e. The molecule has 4 aliphatic rings. The number of rotatable bonds is 0. The molecule has 2 heterocycles. The van der Waals surface area contributed by atoms with E-state index in [1.165, 1.54) is 19.0 Å². The fourth-order valence-electron chi connectivity index (χ4n) is 4.74. The molecule has 0 unspecified atom stereocenters.